The first-order valence-corrected chi connectivity index (χ1v) is 11.7. The Morgan fingerprint density at radius 1 is 0.971 bits per heavy atom. The fourth-order valence-electron chi connectivity index (χ4n) is 3.48. The first kappa shape index (κ1) is 23.1. The zero-order valence-electron chi connectivity index (χ0n) is 17.7. The minimum absolute atomic E-state index is 0.0512. The first-order chi connectivity index (χ1) is 16.2. The van der Waals surface area contributed by atoms with E-state index in [1.807, 2.05) is 24.3 Å². The molecule has 3 aromatic carbocycles. The second-order valence-corrected chi connectivity index (χ2v) is 9.28. The van der Waals surface area contributed by atoms with Crippen LogP contribution in [0.4, 0.5) is 10.1 Å². The van der Waals surface area contributed by atoms with Crippen LogP contribution >= 0.6 is 0 Å². The van der Waals surface area contributed by atoms with Gasteiger partial charge in [-0.2, -0.15) is 4.72 Å². The fraction of sp³-hybridized carbons (Fsp3) is 0.0833. The Morgan fingerprint density at radius 3 is 2.32 bits per heavy atom. The van der Waals surface area contributed by atoms with Crippen molar-refractivity contribution in [2.75, 3.05) is 5.32 Å². The van der Waals surface area contributed by atoms with E-state index < -0.39 is 33.8 Å². The van der Waals surface area contributed by atoms with Crippen LogP contribution in [0.1, 0.15) is 15.9 Å². The maximum absolute atomic E-state index is 13.0. The molecular weight excluding hydrogens is 461 g/mol. The van der Waals surface area contributed by atoms with Crippen molar-refractivity contribution < 1.29 is 27.5 Å². The molecule has 0 fully saturated rings. The molecule has 0 aliphatic carbocycles. The summed E-state index contributed by atoms with van der Waals surface area (Å²) in [7, 11) is -4.16. The lowest BCUT2D eigenvalue weighted by molar-refractivity contribution is -0.138. The number of anilines is 1. The van der Waals surface area contributed by atoms with E-state index in [1.165, 1.54) is 36.4 Å². The number of benzene rings is 3. The number of nitrogens with one attached hydrogen (secondary N) is 3. The number of carboxylic acids is 1. The van der Waals surface area contributed by atoms with Gasteiger partial charge in [-0.15, -0.1) is 0 Å². The Hall–Kier alpha value is -4.02. The third-order valence-corrected chi connectivity index (χ3v) is 6.71. The van der Waals surface area contributed by atoms with Crippen LogP contribution in [0.5, 0.6) is 0 Å². The van der Waals surface area contributed by atoms with Crippen molar-refractivity contribution in [2.24, 2.45) is 0 Å². The molecule has 1 aromatic heterocycles. The van der Waals surface area contributed by atoms with Crippen molar-refractivity contribution in [3.05, 3.63) is 95.9 Å². The van der Waals surface area contributed by atoms with Crippen LogP contribution in [0.2, 0.25) is 0 Å². The molecule has 1 amide bonds. The minimum atomic E-state index is -4.16. The second kappa shape index (κ2) is 9.46. The molecule has 0 radical (unpaired) electrons. The molecule has 0 spiro atoms. The van der Waals surface area contributed by atoms with Gasteiger partial charge in [0.1, 0.15) is 11.9 Å². The number of para-hydroxylation sites is 1. The number of fused-ring (bicyclic) bond motifs is 1. The van der Waals surface area contributed by atoms with Gasteiger partial charge in [-0.05, 0) is 60.2 Å². The number of rotatable bonds is 8. The molecule has 0 bridgehead atoms. The van der Waals surface area contributed by atoms with E-state index in [0.29, 0.717) is 11.3 Å². The molecule has 0 saturated heterocycles. The zero-order chi connectivity index (χ0) is 24.3. The predicted octanol–water partition coefficient (Wildman–Crippen LogP) is 3.53. The molecule has 4 N–H and O–H groups in total. The number of amides is 1. The van der Waals surface area contributed by atoms with Crippen molar-refractivity contribution in [3.8, 4) is 0 Å². The number of aromatic nitrogens is 1. The maximum Gasteiger partial charge on any atom is 0.322 e. The second-order valence-electron chi connectivity index (χ2n) is 7.56. The quantitative estimate of drug-likeness (QED) is 0.306. The van der Waals surface area contributed by atoms with Crippen molar-refractivity contribution >= 4 is 38.5 Å². The highest BCUT2D eigenvalue weighted by Gasteiger charge is 2.26. The molecule has 4 aromatic rings. The largest absolute Gasteiger partial charge is 0.480 e. The molecule has 0 aliphatic rings. The van der Waals surface area contributed by atoms with E-state index in [1.54, 1.807) is 6.20 Å². The Bertz CT molecular complexity index is 1450. The molecule has 10 heteroatoms. The van der Waals surface area contributed by atoms with Crippen LogP contribution in [-0.4, -0.2) is 36.4 Å². The van der Waals surface area contributed by atoms with Gasteiger partial charge in [0, 0.05) is 34.8 Å². The highest BCUT2D eigenvalue weighted by molar-refractivity contribution is 7.89. The lowest BCUT2D eigenvalue weighted by Crippen LogP contribution is -2.42. The third-order valence-electron chi connectivity index (χ3n) is 5.22. The summed E-state index contributed by atoms with van der Waals surface area (Å²) in [5.41, 5.74) is 2.05. The number of carbonyl (C=O) groups is 2. The zero-order valence-corrected chi connectivity index (χ0v) is 18.5. The molecule has 0 unspecified atom stereocenters. The van der Waals surface area contributed by atoms with E-state index >= 15 is 0 Å². The van der Waals surface area contributed by atoms with Gasteiger partial charge >= 0.3 is 5.97 Å². The van der Waals surface area contributed by atoms with Crippen molar-refractivity contribution in [1.29, 1.82) is 0 Å². The molecule has 1 heterocycles. The Morgan fingerprint density at radius 2 is 1.65 bits per heavy atom. The van der Waals surface area contributed by atoms with Gasteiger partial charge in [-0.25, -0.2) is 12.8 Å². The van der Waals surface area contributed by atoms with Gasteiger partial charge in [0.2, 0.25) is 10.0 Å². The summed E-state index contributed by atoms with van der Waals surface area (Å²) in [4.78, 5) is 26.9. The molecule has 0 saturated carbocycles. The van der Waals surface area contributed by atoms with E-state index in [9.17, 15) is 27.5 Å². The fourth-order valence-corrected chi connectivity index (χ4v) is 4.67. The number of carboxylic acid groups (broad SMARTS) is 1. The standard InChI is InChI=1S/C24H20FN3O5S/c25-17-7-5-15(6-8-17)23(29)27-18-9-11-19(12-10-18)34(32,33)28-22(24(30)31)13-16-14-26-21-4-2-1-3-20(16)21/h1-12,14,22,26,28H,13H2,(H,27,29)(H,30,31)/t22-/m1/s1. The summed E-state index contributed by atoms with van der Waals surface area (Å²) in [6, 6.07) is 16.2. The predicted molar refractivity (Wildman–Crippen MR) is 125 cm³/mol. The SMILES string of the molecule is O=C(Nc1ccc(S(=O)(=O)N[C@H](Cc2c[nH]c3ccccc23)C(=O)O)cc1)c1ccc(F)cc1. The summed E-state index contributed by atoms with van der Waals surface area (Å²) >= 11 is 0. The normalized spacial score (nSPS) is 12.4. The Balaban J connectivity index is 1.47. The monoisotopic (exact) mass is 481 g/mol. The number of carbonyl (C=O) groups excluding carboxylic acids is 1. The molecule has 0 aliphatic heterocycles. The molecule has 4 rings (SSSR count). The third kappa shape index (κ3) is 5.13. The highest BCUT2D eigenvalue weighted by atomic mass is 32.2. The van der Waals surface area contributed by atoms with Crippen molar-refractivity contribution in [2.45, 2.75) is 17.4 Å². The van der Waals surface area contributed by atoms with Crippen LogP contribution in [0.15, 0.2) is 83.9 Å². The maximum atomic E-state index is 13.0. The average Bonchev–Trinajstić information content (AvgIpc) is 3.22. The average molecular weight is 482 g/mol. The minimum Gasteiger partial charge on any atom is -0.480 e. The summed E-state index contributed by atoms with van der Waals surface area (Å²) in [6.45, 7) is 0. The molecule has 174 valence electrons. The van der Waals surface area contributed by atoms with Crippen LogP contribution in [0.25, 0.3) is 10.9 Å². The van der Waals surface area contributed by atoms with Crippen molar-refractivity contribution in [3.63, 3.8) is 0 Å². The van der Waals surface area contributed by atoms with Gasteiger partial charge in [-0.3, -0.25) is 9.59 Å². The van der Waals surface area contributed by atoms with Gasteiger partial charge in [0.05, 0.1) is 4.90 Å². The van der Waals surface area contributed by atoms with E-state index in [0.717, 1.165) is 23.0 Å². The Kier molecular flexibility index (Phi) is 6.44. The summed E-state index contributed by atoms with van der Waals surface area (Å²) < 4.78 is 40.9. The number of sulfonamides is 1. The van der Waals surface area contributed by atoms with Crippen LogP contribution in [0.3, 0.4) is 0 Å². The van der Waals surface area contributed by atoms with E-state index in [4.69, 9.17) is 0 Å². The van der Waals surface area contributed by atoms with Gasteiger partial charge in [-0.1, -0.05) is 18.2 Å². The van der Waals surface area contributed by atoms with Gasteiger partial charge < -0.3 is 15.4 Å². The van der Waals surface area contributed by atoms with Crippen LogP contribution in [-0.2, 0) is 21.2 Å². The number of aromatic amines is 1. The van der Waals surface area contributed by atoms with E-state index in [-0.39, 0.29) is 16.9 Å². The lowest BCUT2D eigenvalue weighted by Gasteiger charge is -2.15. The Labute approximate surface area is 194 Å². The topological polar surface area (TPSA) is 128 Å². The molecule has 8 nitrogen and oxygen atoms in total. The lowest BCUT2D eigenvalue weighted by atomic mass is 10.1. The first-order valence-electron chi connectivity index (χ1n) is 10.2. The molecule has 1 atom stereocenters. The molecular formula is C24H20FN3O5S. The van der Waals surface area contributed by atoms with Crippen molar-refractivity contribution in [1.82, 2.24) is 9.71 Å². The smallest absolute Gasteiger partial charge is 0.322 e. The summed E-state index contributed by atoms with van der Waals surface area (Å²) in [5, 5.41) is 13.0. The van der Waals surface area contributed by atoms with Gasteiger partial charge in [0.15, 0.2) is 0 Å². The number of hydrogen-bond acceptors (Lipinski definition) is 4. The number of hydrogen-bond donors (Lipinski definition) is 4. The van der Waals surface area contributed by atoms with Crippen LogP contribution in [0, 0.1) is 5.82 Å². The number of H-pyrrole nitrogens is 1. The van der Waals surface area contributed by atoms with Crippen LogP contribution < -0.4 is 10.0 Å². The summed E-state index contributed by atoms with van der Waals surface area (Å²) in [6.07, 6.45) is 1.61. The number of halogens is 1. The summed E-state index contributed by atoms with van der Waals surface area (Å²) in [5.74, 6) is -2.27. The van der Waals surface area contributed by atoms with E-state index in [2.05, 4.69) is 15.0 Å². The van der Waals surface area contributed by atoms with Gasteiger partial charge in [0.25, 0.3) is 5.91 Å². The number of aliphatic carboxylic acids is 1. The molecule has 34 heavy (non-hydrogen) atoms. The highest BCUT2D eigenvalue weighted by Crippen LogP contribution is 2.21.